The fourth-order valence-electron chi connectivity index (χ4n) is 3.05. The summed E-state index contributed by atoms with van der Waals surface area (Å²) >= 11 is 0. The van der Waals surface area contributed by atoms with Crippen LogP contribution >= 0.6 is 0 Å². The van der Waals surface area contributed by atoms with Crippen LogP contribution in [0.5, 0.6) is 5.75 Å². The topological polar surface area (TPSA) is 31.2 Å². The highest BCUT2D eigenvalue weighted by atomic mass is 16.5. The van der Waals surface area contributed by atoms with Gasteiger partial charge in [0, 0.05) is 16.6 Å². The third-order valence-corrected chi connectivity index (χ3v) is 4.28. The molecule has 0 unspecified atom stereocenters. The van der Waals surface area contributed by atoms with E-state index >= 15 is 0 Å². The molecule has 2 aromatic carbocycles. The van der Waals surface area contributed by atoms with E-state index in [1.807, 2.05) is 43.3 Å². The van der Waals surface area contributed by atoms with Gasteiger partial charge in [0.2, 0.25) is 0 Å². The minimum absolute atomic E-state index is 0.00204. The van der Waals surface area contributed by atoms with Crippen LogP contribution < -0.4 is 4.74 Å². The van der Waals surface area contributed by atoms with Crippen LogP contribution in [0.1, 0.15) is 41.9 Å². The molecule has 3 nitrogen and oxygen atoms in total. The molecule has 1 aromatic heterocycles. The van der Waals surface area contributed by atoms with Crippen molar-refractivity contribution in [3.05, 3.63) is 65.4 Å². The Morgan fingerprint density at radius 1 is 1.08 bits per heavy atom. The molecule has 1 heterocycles. The Labute approximate surface area is 142 Å². The molecule has 3 aromatic rings. The molecule has 0 fully saturated rings. The number of carbonyl (C=O) groups excluding carboxylic acids is 1. The van der Waals surface area contributed by atoms with Crippen molar-refractivity contribution in [2.45, 2.75) is 33.6 Å². The number of ether oxygens (including phenoxy) is 1. The Balaban J connectivity index is 1.98. The zero-order valence-corrected chi connectivity index (χ0v) is 14.5. The molecule has 24 heavy (non-hydrogen) atoms. The third kappa shape index (κ3) is 2.94. The van der Waals surface area contributed by atoms with E-state index < -0.39 is 0 Å². The zero-order chi connectivity index (χ0) is 17.1. The number of benzene rings is 2. The second-order valence-electron chi connectivity index (χ2n) is 6.00. The van der Waals surface area contributed by atoms with Crippen LogP contribution in [0.15, 0.2) is 48.5 Å². The fourth-order valence-corrected chi connectivity index (χ4v) is 3.05. The molecular formula is C21H23NO2. The Morgan fingerprint density at radius 3 is 2.50 bits per heavy atom. The van der Waals surface area contributed by atoms with Gasteiger partial charge in [0.05, 0.1) is 12.1 Å². The Morgan fingerprint density at radius 2 is 1.83 bits per heavy atom. The standard InChI is InChI=1S/C21H23NO2/c1-4-13-24-18-11-9-17(10-12-18)21(23)22-15(3)14-19-16(5-2)7-6-8-20(19)22/h6-12,14H,4-5,13H2,1-3H3. The van der Waals surface area contributed by atoms with Gasteiger partial charge in [-0.1, -0.05) is 26.0 Å². The third-order valence-electron chi connectivity index (χ3n) is 4.28. The van der Waals surface area contributed by atoms with E-state index in [0.29, 0.717) is 12.2 Å². The predicted molar refractivity (Wildman–Crippen MR) is 98.0 cm³/mol. The Kier molecular flexibility index (Phi) is 4.70. The highest BCUT2D eigenvalue weighted by Gasteiger charge is 2.16. The lowest BCUT2D eigenvalue weighted by atomic mass is 10.1. The van der Waals surface area contributed by atoms with E-state index in [1.165, 1.54) is 5.56 Å². The van der Waals surface area contributed by atoms with Crippen LogP contribution in [0, 0.1) is 6.92 Å². The molecule has 0 radical (unpaired) electrons. The van der Waals surface area contributed by atoms with Crippen molar-refractivity contribution in [2.24, 2.45) is 0 Å². The Hall–Kier alpha value is -2.55. The van der Waals surface area contributed by atoms with Gasteiger partial charge in [0.15, 0.2) is 0 Å². The minimum Gasteiger partial charge on any atom is -0.494 e. The molecule has 124 valence electrons. The number of aryl methyl sites for hydroxylation is 2. The summed E-state index contributed by atoms with van der Waals surface area (Å²) in [6.07, 6.45) is 1.92. The highest BCUT2D eigenvalue weighted by Crippen LogP contribution is 2.25. The number of nitrogens with zero attached hydrogens (tertiary/aromatic N) is 1. The van der Waals surface area contributed by atoms with Gasteiger partial charge in [-0.05, 0) is 61.7 Å². The number of fused-ring (bicyclic) bond motifs is 1. The smallest absolute Gasteiger partial charge is 0.262 e. The number of rotatable bonds is 5. The first-order valence-corrected chi connectivity index (χ1v) is 8.53. The van der Waals surface area contributed by atoms with Crippen molar-refractivity contribution < 1.29 is 9.53 Å². The molecule has 0 aliphatic rings. The molecule has 3 rings (SSSR count). The summed E-state index contributed by atoms with van der Waals surface area (Å²) in [5.74, 6) is 0.800. The van der Waals surface area contributed by atoms with Crippen LogP contribution in [-0.4, -0.2) is 17.1 Å². The number of carbonyl (C=O) groups is 1. The van der Waals surface area contributed by atoms with Gasteiger partial charge in [0.25, 0.3) is 5.91 Å². The number of aromatic nitrogens is 1. The normalized spacial score (nSPS) is 11.0. The van der Waals surface area contributed by atoms with Gasteiger partial charge >= 0.3 is 0 Å². The lowest BCUT2D eigenvalue weighted by molar-refractivity contribution is 0.0963. The van der Waals surface area contributed by atoms with Gasteiger partial charge in [-0.2, -0.15) is 0 Å². The number of hydrogen-bond donors (Lipinski definition) is 0. The maximum atomic E-state index is 13.0. The van der Waals surface area contributed by atoms with Crippen molar-refractivity contribution in [1.82, 2.24) is 4.57 Å². The summed E-state index contributed by atoms with van der Waals surface area (Å²) < 4.78 is 7.39. The van der Waals surface area contributed by atoms with Gasteiger partial charge < -0.3 is 4.74 Å². The van der Waals surface area contributed by atoms with Crippen molar-refractivity contribution in [2.75, 3.05) is 6.61 Å². The van der Waals surface area contributed by atoms with Crippen LogP contribution in [0.3, 0.4) is 0 Å². The van der Waals surface area contributed by atoms with E-state index in [2.05, 4.69) is 26.0 Å². The van der Waals surface area contributed by atoms with Gasteiger partial charge in [-0.3, -0.25) is 9.36 Å². The first-order valence-electron chi connectivity index (χ1n) is 8.53. The monoisotopic (exact) mass is 321 g/mol. The molecule has 0 saturated carbocycles. The van der Waals surface area contributed by atoms with E-state index in [4.69, 9.17) is 4.74 Å². The van der Waals surface area contributed by atoms with E-state index in [-0.39, 0.29) is 5.91 Å². The summed E-state index contributed by atoms with van der Waals surface area (Å²) in [6, 6.07) is 15.7. The van der Waals surface area contributed by atoms with Crippen molar-refractivity contribution in [3.63, 3.8) is 0 Å². The summed E-state index contributed by atoms with van der Waals surface area (Å²) in [4.78, 5) is 13.0. The minimum atomic E-state index is -0.00204. The van der Waals surface area contributed by atoms with Gasteiger partial charge in [-0.25, -0.2) is 0 Å². The molecule has 0 atom stereocenters. The van der Waals surface area contributed by atoms with E-state index in [1.54, 1.807) is 4.57 Å². The molecule has 3 heteroatoms. The first-order chi connectivity index (χ1) is 11.7. The van der Waals surface area contributed by atoms with E-state index in [9.17, 15) is 4.79 Å². The average Bonchev–Trinajstić information content (AvgIpc) is 2.95. The van der Waals surface area contributed by atoms with Crippen molar-refractivity contribution >= 4 is 16.8 Å². The SMILES string of the molecule is CCCOc1ccc(C(=O)n2c(C)cc3c(CC)cccc32)cc1. The van der Waals surface area contributed by atoms with Gasteiger partial charge in [0.1, 0.15) is 5.75 Å². The van der Waals surface area contributed by atoms with Gasteiger partial charge in [-0.15, -0.1) is 0 Å². The maximum Gasteiger partial charge on any atom is 0.262 e. The fraction of sp³-hybridized carbons (Fsp3) is 0.286. The summed E-state index contributed by atoms with van der Waals surface area (Å²) in [5, 5.41) is 1.16. The Bertz CT molecular complexity index is 859. The quantitative estimate of drug-likeness (QED) is 0.663. The maximum absolute atomic E-state index is 13.0. The molecule has 0 aliphatic heterocycles. The largest absolute Gasteiger partial charge is 0.494 e. The van der Waals surface area contributed by atoms with Crippen LogP contribution in [0.4, 0.5) is 0 Å². The second kappa shape index (κ2) is 6.91. The van der Waals surface area contributed by atoms with Crippen molar-refractivity contribution in [3.8, 4) is 5.75 Å². The molecule has 0 saturated heterocycles. The molecule has 0 amide bonds. The highest BCUT2D eigenvalue weighted by molar-refractivity contribution is 6.03. The molecule has 0 aliphatic carbocycles. The zero-order valence-electron chi connectivity index (χ0n) is 14.5. The lowest BCUT2D eigenvalue weighted by Gasteiger charge is -2.09. The molecular weight excluding hydrogens is 298 g/mol. The predicted octanol–water partition coefficient (Wildman–Crippen LogP) is 4.99. The molecule has 0 N–H and O–H groups in total. The lowest BCUT2D eigenvalue weighted by Crippen LogP contribution is -2.13. The number of hydrogen-bond acceptors (Lipinski definition) is 2. The van der Waals surface area contributed by atoms with Crippen LogP contribution in [0.2, 0.25) is 0 Å². The van der Waals surface area contributed by atoms with Crippen LogP contribution in [-0.2, 0) is 6.42 Å². The molecule has 0 spiro atoms. The average molecular weight is 321 g/mol. The summed E-state index contributed by atoms with van der Waals surface area (Å²) in [6.45, 7) is 6.88. The summed E-state index contributed by atoms with van der Waals surface area (Å²) in [5.41, 5.74) is 3.87. The van der Waals surface area contributed by atoms with E-state index in [0.717, 1.165) is 35.2 Å². The molecule has 0 bridgehead atoms. The van der Waals surface area contributed by atoms with Crippen LogP contribution in [0.25, 0.3) is 10.9 Å². The summed E-state index contributed by atoms with van der Waals surface area (Å²) in [7, 11) is 0. The second-order valence-corrected chi connectivity index (χ2v) is 6.00. The first kappa shape index (κ1) is 16.3. The van der Waals surface area contributed by atoms with Crippen molar-refractivity contribution in [1.29, 1.82) is 0 Å².